The maximum atomic E-state index is 13.5. The third-order valence-corrected chi connectivity index (χ3v) is 7.30. The Morgan fingerprint density at radius 3 is 2.37 bits per heavy atom. The molecule has 0 spiro atoms. The van der Waals surface area contributed by atoms with Gasteiger partial charge in [-0.05, 0) is 56.7 Å². The van der Waals surface area contributed by atoms with Gasteiger partial charge in [0.2, 0.25) is 5.95 Å². The molecule has 0 bridgehead atoms. The number of sulfone groups is 1. The number of aromatic nitrogens is 3. The molecule has 0 aliphatic carbocycles. The van der Waals surface area contributed by atoms with Crippen molar-refractivity contribution in [3.8, 4) is 5.69 Å². The lowest BCUT2D eigenvalue weighted by atomic mass is 10.1. The molecule has 1 N–H and O–H groups in total. The standard InChI is InChI=1S/C23H23Cl2N5O4S/c1-13(2)26-23-28-19-12-29(22(32)18-9-8-17(24)20(25)27-18)11-10-16(19)21(31)30(23)14-4-6-15(7-5-14)35(3,33)34/h4-9,13H,10-12H2,1-3H3,(H,26,28). The van der Waals surface area contributed by atoms with E-state index in [1.807, 2.05) is 13.8 Å². The number of nitrogens with zero attached hydrogens (tertiary/aromatic N) is 4. The summed E-state index contributed by atoms with van der Waals surface area (Å²) in [6, 6.07) is 9.05. The lowest BCUT2D eigenvalue weighted by Crippen LogP contribution is -2.41. The second-order valence-electron chi connectivity index (χ2n) is 8.51. The molecule has 3 aromatic rings. The maximum absolute atomic E-state index is 13.5. The molecule has 1 aliphatic rings. The number of nitrogens with one attached hydrogen (secondary N) is 1. The van der Waals surface area contributed by atoms with Gasteiger partial charge in [0.15, 0.2) is 9.84 Å². The molecule has 3 heterocycles. The van der Waals surface area contributed by atoms with Crippen LogP contribution in [0, 0.1) is 0 Å². The Kier molecular flexibility index (Phi) is 6.90. The van der Waals surface area contributed by atoms with Crippen LogP contribution < -0.4 is 10.9 Å². The molecule has 35 heavy (non-hydrogen) atoms. The number of amides is 1. The summed E-state index contributed by atoms with van der Waals surface area (Å²) in [5.74, 6) is -0.0345. The summed E-state index contributed by atoms with van der Waals surface area (Å²) in [6.45, 7) is 4.25. The Morgan fingerprint density at radius 2 is 1.77 bits per heavy atom. The summed E-state index contributed by atoms with van der Waals surface area (Å²) in [6.07, 6.45) is 1.43. The van der Waals surface area contributed by atoms with Crippen LogP contribution in [0.25, 0.3) is 5.69 Å². The molecule has 2 aromatic heterocycles. The summed E-state index contributed by atoms with van der Waals surface area (Å²) in [7, 11) is -3.37. The van der Waals surface area contributed by atoms with Gasteiger partial charge in [-0.25, -0.2) is 23.0 Å². The van der Waals surface area contributed by atoms with Crippen molar-refractivity contribution >= 4 is 44.9 Å². The lowest BCUT2D eigenvalue weighted by Gasteiger charge is -2.29. The SMILES string of the molecule is CC(C)Nc1nc2c(c(=O)n1-c1ccc(S(C)(=O)=O)cc1)CCN(C(=O)c1ccc(Cl)c(Cl)n1)C2. The van der Waals surface area contributed by atoms with E-state index in [4.69, 9.17) is 28.2 Å². The Hall–Kier alpha value is -2.95. The van der Waals surface area contributed by atoms with Gasteiger partial charge >= 0.3 is 0 Å². The monoisotopic (exact) mass is 535 g/mol. The van der Waals surface area contributed by atoms with E-state index in [9.17, 15) is 18.0 Å². The van der Waals surface area contributed by atoms with Gasteiger partial charge in [0.25, 0.3) is 11.5 Å². The number of pyridine rings is 1. The highest BCUT2D eigenvalue weighted by Gasteiger charge is 2.28. The second kappa shape index (κ2) is 9.60. The summed E-state index contributed by atoms with van der Waals surface area (Å²) in [5, 5.41) is 3.48. The Bertz CT molecular complexity index is 1470. The lowest BCUT2D eigenvalue weighted by molar-refractivity contribution is 0.0725. The van der Waals surface area contributed by atoms with Crippen molar-refractivity contribution in [1.82, 2.24) is 19.4 Å². The van der Waals surface area contributed by atoms with Crippen molar-refractivity contribution < 1.29 is 13.2 Å². The van der Waals surface area contributed by atoms with Crippen LogP contribution >= 0.6 is 23.2 Å². The Balaban J connectivity index is 1.73. The van der Waals surface area contributed by atoms with E-state index in [0.29, 0.717) is 35.9 Å². The van der Waals surface area contributed by atoms with Gasteiger partial charge < -0.3 is 10.2 Å². The fourth-order valence-corrected chi connectivity index (χ4v) is 4.69. The highest BCUT2D eigenvalue weighted by Crippen LogP contribution is 2.24. The van der Waals surface area contributed by atoms with Gasteiger partial charge in [-0.1, -0.05) is 23.2 Å². The van der Waals surface area contributed by atoms with Crippen molar-refractivity contribution in [2.45, 2.75) is 37.8 Å². The number of benzene rings is 1. The van der Waals surface area contributed by atoms with Gasteiger partial charge in [-0.2, -0.15) is 0 Å². The zero-order valence-electron chi connectivity index (χ0n) is 19.2. The quantitative estimate of drug-likeness (QED) is 0.498. The number of anilines is 1. The molecule has 0 atom stereocenters. The minimum absolute atomic E-state index is 0.0387. The molecule has 1 aliphatic heterocycles. The molecule has 0 saturated heterocycles. The molecule has 184 valence electrons. The van der Waals surface area contributed by atoms with Crippen LogP contribution in [0.2, 0.25) is 10.2 Å². The number of hydrogen-bond acceptors (Lipinski definition) is 7. The molecule has 0 radical (unpaired) electrons. The number of carbonyl (C=O) groups is 1. The summed E-state index contributed by atoms with van der Waals surface area (Å²) in [4.78, 5) is 37.0. The molecule has 0 saturated carbocycles. The number of halogens is 2. The van der Waals surface area contributed by atoms with Crippen LogP contribution in [0.5, 0.6) is 0 Å². The third-order valence-electron chi connectivity index (χ3n) is 5.49. The fourth-order valence-electron chi connectivity index (χ4n) is 3.80. The van der Waals surface area contributed by atoms with Crippen molar-refractivity contribution in [3.63, 3.8) is 0 Å². The van der Waals surface area contributed by atoms with E-state index in [-0.39, 0.29) is 44.8 Å². The van der Waals surface area contributed by atoms with Crippen molar-refractivity contribution in [2.24, 2.45) is 0 Å². The molecule has 0 unspecified atom stereocenters. The van der Waals surface area contributed by atoms with E-state index >= 15 is 0 Å². The maximum Gasteiger partial charge on any atom is 0.272 e. The zero-order valence-corrected chi connectivity index (χ0v) is 21.6. The predicted octanol–water partition coefficient (Wildman–Crippen LogP) is 3.36. The highest BCUT2D eigenvalue weighted by molar-refractivity contribution is 7.90. The van der Waals surface area contributed by atoms with Gasteiger partial charge in [0, 0.05) is 24.4 Å². The van der Waals surface area contributed by atoms with Crippen LogP contribution in [-0.2, 0) is 22.8 Å². The molecule has 12 heteroatoms. The Morgan fingerprint density at radius 1 is 1.09 bits per heavy atom. The molecular weight excluding hydrogens is 513 g/mol. The van der Waals surface area contributed by atoms with Crippen LogP contribution in [0.1, 0.15) is 35.6 Å². The van der Waals surface area contributed by atoms with Crippen molar-refractivity contribution in [2.75, 3.05) is 18.1 Å². The van der Waals surface area contributed by atoms with E-state index in [2.05, 4.69) is 10.3 Å². The first kappa shape index (κ1) is 25.2. The molecule has 4 rings (SSSR count). The molecule has 9 nitrogen and oxygen atoms in total. The first-order valence-electron chi connectivity index (χ1n) is 10.8. The van der Waals surface area contributed by atoms with Crippen LogP contribution in [0.3, 0.4) is 0 Å². The summed E-state index contributed by atoms with van der Waals surface area (Å²) < 4.78 is 25.1. The average molecular weight is 536 g/mol. The second-order valence-corrected chi connectivity index (χ2v) is 11.3. The minimum atomic E-state index is -3.37. The number of fused-ring (bicyclic) bond motifs is 1. The van der Waals surface area contributed by atoms with E-state index in [0.717, 1.165) is 6.26 Å². The smallest absolute Gasteiger partial charge is 0.272 e. The van der Waals surface area contributed by atoms with Crippen LogP contribution in [0.15, 0.2) is 46.1 Å². The van der Waals surface area contributed by atoms with Crippen molar-refractivity contribution in [1.29, 1.82) is 0 Å². The molecule has 1 aromatic carbocycles. The van der Waals surface area contributed by atoms with Crippen LogP contribution in [0.4, 0.5) is 5.95 Å². The fraction of sp³-hybridized carbons (Fsp3) is 0.304. The highest BCUT2D eigenvalue weighted by atomic mass is 35.5. The van der Waals surface area contributed by atoms with E-state index < -0.39 is 9.84 Å². The van der Waals surface area contributed by atoms with Gasteiger partial charge in [-0.15, -0.1) is 0 Å². The molecule has 0 fully saturated rings. The van der Waals surface area contributed by atoms with Gasteiger partial charge in [0.05, 0.1) is 27.8 Å². The zero-order chi connectivity index (χ0) is 25.5. The average Bonchev–Trinajstić information content (AvgIpc) is 2.79. The first-order valence-corrected chi connectivity index (χ1v) is 13.4. The predicted molar refractivity (Wildman–Crippen MR) is 134 cm³/mol. The molecular formula is C23H23Cl2N5O4S. The minimum Gasteiger partial charge on any atom is -0.353 e. The Labute approximate surface area is 212 Å². The largest absolute Gasteiger partial charge is 0.353 e. The third kappa shape index (κ3) is 5.19. The first-order chi connectivity index (χ1) is 16.5. The molecule has 1 amide bonds. The number of rotatable bonds is 5. The normalized spacial score (nSPS) is 13.6. The van der Waals surface area contributed by atoms with E-state index in [1.165, 1.54) is 28.8 Å². The topological polar surface area (TPSA) is 114 Å². The summed E-state index contributed by atoms with van der Waals surface area (Å²) in [5.41, 5.74) is 1.35. The van der Waals surface area contributed by atoms with Crippen molar-refractivity contribution in [3.05, 3.63) is 73.9 Å². The number of hydrogen-bond donors (Lipinski definition) is 1. The van der Waals surface area contributed by atoms with E-state index in [1.54, 1.807) is 17.0 Å². The van der Waals surface area contributed by atoms with Gasteiger partial charge in [-0.3, -0.25) is 9.59 Å². The van der Waals surface area contributed by atoms with Crippen LogP contribution in [-0.4, -0.2) is 52.6 Å². The summed E-state index contributed by atoms with van der Waals surface area (Å²) >= 11 is 11.9. The van der Waals surface area contributed by atoms with Gasteiger partial charge in [0.1, 0.15) is 10.8 Å². The number of carbonyl (C=O) groups excluding carboxylic acids is 1.